The Hall–Kier alpha value is -2.95. The van der Waals surface area contributed by atoms with Gasteiger partial charge in [0.2, 0.25) is 0 Å². The van der Waals surface area contributed by atoms with Crippen LogP contribution >= 0.6 is 0 Å². The third kappa shape index (κ3) is 2.83. The molecule has 0 radical (unpaired) electrons. The second kappa shape index (κ2) is 6.65. The van der Waals surface area contributed by atoms with Gasteiger partial charge in [0.1, 0.15) is 0 Å². The van der Waals surface area contributed by atoms with Crippen molar-refractivity contribution >= 4 is 5.91 Å². The summed E-state index contributed by atoms with van der Waals surface area (Å²) in [6.45, 7) is 0.774. The Morgan fingerprint density at radius 2 is 1.70 bits per heavy atom. The molecule has 2 aliphatic rings. The van der Waals surface area contributed by atoms with Crippen molar-refractivity contribution in [2.45, 2.75) is 31.2 Å². The van der Waals surface area contributed by atoms with E-state index in [1.807, 2.05) is 30.3 Å². The first-order valence-electron chi connectivity index (χ1n) is 9.65. The van der Waals surface area contributed by atoms with E-state index in [2.05, 4.69) is 45.5 Å². The zero-order chi connectivity index (χ0) is 18.2. The van der Waals surface area contributed by atoms with Crippen molar-refractivity contribution in [2.24, 2.45) is 5.92 Å². The van der Waals surface area contributed by atoms with Crippen molar-refractivity contribution in [3.63, 3.8) is 0 Å². The van der Waals surface area contributed by atoms with Gasteiger partial charge in [0.25, 0.3) is 5.91 Å². The first kappa shape index (κ1) is 16.2. The minimum absolute atomic E-state index is 0.00696. The molecule has 1 saturated heterocycles. The molecule has 1 aliphatic carbocycles. The number of carbonyl (C=O) groups is 1. The number of amides is 1. The molecule has 0 spiro atoms. The van der Waals surface area contributed by atoms with Crippen molar-refractivity contribution < 1.29 is 4.79 Å². The summed E-state index contributed by atoms with van der Waals surface area (Å²) in [7, 11) is 0. The number of carbonyl (C=O) groups excluding carboxylic acids is 1. The number of hydrogen-bond acceptors (Lipinski definition) is 3. The predicted octanol–water partition coefficient (Wildman–Crippen LogP) is 3.68. The molecule has 1 saturated carbocycles. The Morgan fingerprint density at radius 3 is 2.48 bits per heavy atom. The molecule has 2 aromatic carbocycles. The standard InChI is InChI=1S/C22H22N4O/c27-22(20-15-26(24-23-20)17-10-5-2-6-11-17)25-14-19(16-8-3-1-4-9-16)18-12-7-13-21(18)25/h1-6,8-11,15,18-19,21H,7,12-14H2. The average molecular weight is 358 g/mol. The molecule has 3 aromatic rings. The number of likely N-dealkylation sites (tertiary alicyclic amines) is 1. The molecule has 27 heavy (non-hydrogen) atoms. The van der Waals surface area contributed by atoms with E-state index in [1.165, 1.54) is 18.4 Å². The van der Waals surface area contributed by atoms with Gasteiger partial charge in [0.15, 0.2) is 5.69 Å². The SMILES string of the molecule is O=C(c1cn(-c2ccccc2)nn1)N1CC(c2ccccc2)C2CCCC21. The van der Waals surface area contributed by atoms with Crippen LogP contribution in [0.2, 0.25) is 0 Å². The van der Waals surface area contributed by atoms with Gasteiger partial charge in [-0.25, -0.2) is 4.68 Å². The largest absolute Gasteiger partial charge is 0.333 e. The van der Waals surface area contributed by atoms with E-state index in [9.17, 15) is 4.79 Å². The highest BCUT2D eigenvalue weighted by Gasteiger charge is 2.47. The Kier molecular flexibility index (Phi) is 4.00. The van der Waals surface area contributed by atoms with Crippen molar-refractivity contribution in [2.75, 3.05) is 6.54 Å². The topological polar surface area (TPSA) is 51.0 Å². The fourth-order valence-corrected chi connectivity index (χ4v) is 4.81. The molecular weight excluding hydrogens is 336 g/mol. The van der Waals surface area contributed by atoms with Crippen molar-refractivity contribution in [3.8, 4) is 5.69 Å². The van der Waals surface area contributed by atoms with Gasteiger partial charge in [-0.05, 0) is 36.5 Å². The van der Waals surface area contributed by atoms with Crippen LogP contribution < -0.4 is 0 Å². The van der Waals surface area contributed by atoms with E-state index in [-0.39, 0.29) is 5.91 Å². The fraction of sp³-hybridized carbons (Fsp3) is 0.318. The Balaban J connectivity index is 1.41. The molecule has 0 N–H and O–H groups in total. The van der Waals surface area contributed by atoms with Crippen LogP contribution in [0.5, 0.6) is 0 Å². The fourth-order valence-electron chi connectivity index (χ4n) is 4.81. The van der Waals surface area contributed by atoms with Gasteiger partial charge in [0.05, 0.1) is 11.9 Å². The highest BCUT2D eigenvalue weighted by molar-refractivity contribution is 5.92. The van der Waals surface area contributed by atoms with Crippen LogP contribution in [0.25, 0.3) is 5.69 Å². The van der Waals surface area contributed by atoms with Gasteiger partial charge in [-0.2, -0.15) is 0 Å². The molecule has 5 nitrogen and oxygen atoms in total. The third-order valence-corrected chi connectivity index (χ3v) is 6.06. The summed E-state index contributed by atoms with van der Waals surface area (Å²) < 4.78 is 1.67. The van der Waals surface area contributed by atoms with Crippen LogP contribution in [0.4, 0.5) is 0 Å². The number of nitrogens with zero attached hydrogens (tertiary/aromatic N) is 4. The van der Waals surface area contributed by atoms with E-state index in [0.717, 1.165) is 18.7 Å². The maximum absolute atomic E-state index is 13.2. The maximum atomic E-state index is 13.2. The molecule has 5 rings (SSSR count). The average Bonchev–Trinajstić information content (AvgIpc) is 3.45. The van der Waals surface area contributed by atoms with E-state index in [4.69, 9.17) is 0 Å². The molecule has 136 valence electrons. The quantitative estimate of drug-likeness (QED) is 0.718. The van der Waals surface area contributed by atoms with Crippen LogP contribution in [-0.2, 0) is 0 Å². The maximum Gasteiger partial charge on any atom is 0.276 e. The molecule has 0 bridgehead atoms. The summed E-state index contributed by atoms with van der Waals surface area (Å²) in [5.74, 6) is 0.986. The Morgan fingerprint density at radius 1 is 0.963 bits per heavy atom. The van der Waals surface area contributed by atoms with E-state index >= 15 is 0 Å². The van der Waals surface area contributed by atoms with Gasteiger partial charge in [0, 0.05) is 18.5 Å². The van der Waals surface area contributed by atoms with Crippen LogP contribution in [0, 0.1) is 5.92 Å². The highest BCUT2D eigenvalue weighted by atomic mass is 16.2. The predicted molar refractivity (Wildman–Crippen MR) is 103 cm³/mol. The Bertz CT molecular complexity index is 937. The lowest BCUT2D eigenvalue weighted by molar-refractivity contribution is 0.0722. The van der Waals surface area contributed by atoms with E-state index in [1.54, 1.807) is 10.9 Å². The summed E-state index contributed by atoms with van der Waals surface area (Å²) in [4.78, 5) is 15.3. The second-order valence-electron chi connectivity index (χ2n) is 7.52. The zero-order valence-corrected chi connectivity index (χ0v) is 15.1. The number of fused-ring (bicyclic) bond motifs is 1. The number of para-hydroxylation sites is 1. The summed E-state index contributed by atoms with van der Waals surface area (Å²) >= 11 is 0. The van der Waals surface area contributed by atoms with Gasteiger partial charge in [-0.1, -0.05) is 60.2 Å². The first-order valence-corrected chi connectivity index (χ1v) is 9.65. The minimum Gasteiger partial charge on any atom is -0.333 e. The van der Waals surface area contributed by atoms with Crippen molar-refractivity contribution in [3.05, 3.63) is 78.1 Å². The van der Waals surface area contributed by atoms with Crippen LogP contribution in [-0.4, -0.2) is 38.4 Å². The van der Waals surface area contributed by atoms with Gasteiger partial charge >= 0.3 is 0 Å². The van der Waals surface area contributed by atoms with Gasteiger partial charge < -0.3 is 4.90 Å². The summed E-state index contributed by atoms with van der Waals surface area (Å²) in [6.07, 6.45) is 5.23. The van der Waals surface area contributed by atoms with Gasteiger partial charge in [-0.3, -0.25) is 4.79 Å². The third-order valence-electron chi connectivity index (χ3n) is 6.06. The number of benzene rings is 2. The second-order valence-corrected chi connectivity index (χ2v) is 7.52. The normalized spacial score (nSPS) is 24.1. The lowest BCUT2D eigenvalue weighted by atomic mass is 9.87. The molecule has 3 atom stereocenters. The Labute approximate surface area is 158 Å². The van der Waals surface area contributed by atoms with Crippen molar-refractivity contribution in [1.29, 1.82) is 0 Å². The molecule has 2 heterocycles. The zero-order valence-electron chi connectivity index (χ0n) is 15.1. The van der Waals surface area contributed by atoms with Crippen molar-refractivity contribution in [1.82, 2.24) is 19.9 Å². The van der Waals surface area contributed by atoms with E-state index in [0.29, 0.717) is 23.6 Å². The summed E-state index contributed by atoms with van der Waals surface area (Å²) in [5, 5.41) is 8.33. The molecule has 3 unspecified atom stereocenters. The summed E-state index contributed by atoms with van der Waals surface area (Å²) in [5.41, 5.74) is 2.68. The first-order chi connectivity index (χ1) is 13.3. The molecule has 1 aromatic heterocycles. The summed E-state index contributed by atoms with van der Waals surface area (Å²) in [6, 6.07) is 20.7. The van der Waals surface area contributed by atoms with Crippen LogP contribution in [0.15, 0.2) is 66.9 Å². The number of rotatable bonds is 3. The van der Waals surface area contributed by atoms with Crippen LogP contribution in [0.1, 0.15) is 41.2 Å². The minimum atomic E-state index is 0.00696. The highest BCUT2D eigenvalue weighted by Crippen LogP contribution is 2.46. The number of hydrogen-bond donors (Lipinski definition) is 0. The number of aromatic nitrogens is 3. The van der Waals surface area contributed by atoms with Crippen LogP contribution in [0.3, 0.4) is 0 Å². The lowest BCUT2D eigenvalue weighted by Gasteiger charge is -2.22. The smallest absolute Gasteiger partial charge is 0.276 e. The molecular formula is C22H22N4O. The lowest BCUT2D eigenvalue weighted by Crippen LogP contribution is -2.36. The molecule has 1 amide bonds. The molecule has 5 heteroatoms. The molecule has 1 aliphatic heterocycles. The van der Waals surface area contributed by atoms with Gasteiger partial charge in [-0.15, -0.1) is 5.10 Å². The van der Waals surface area contributed by atoms with E-state index < -0.39 is 0 Å². The monoisotopic (exact) mass is 358 g/mol. The molecule has 2 fully saturated rings.